The lowest BCUT2D eigenvalue weighted by molar-refractivity contribution is -0.122. The van der Waals surface area contributed by atoms with Gasteiger partial charge in [-0.1, -0.05) is 30.9 Å². The van der Waals surface area contributed by atoms with E-state index < -0.39 is 0 Å². The Kier molecular flexibility index (Phi) is 4.20. The first-order chi connectivity index (χ1) is 7.81. The lowest BCUT2D eigenvalue weighted by atomic mass is 9.77. The zero-order valence-electron chi connectivity index (χ0n) is 10.6. The van der Waals surface area contributed by atoms with E-state index in [1.54, 1.807) is 11.1 Å². The first-order valence-corrected chi connectivity index (χ1v) is 7.03. The van der Waals surface area contributed by atoms with E-state index in [1.807, 2.05) is 6.92 Å². The fourth-order valence-electron chi connectivity index (χ4n) is 3.24. The molecule has 0 bridgehead atoms. The van der Waals surface area contributed by atoms with Crippen LogP contribution in [0.1, 0.15) is 71.1 Å². The second-order valence-electron chi connectivity index (χ2n) is 5.38. The van der Waals surface area contributed by atoms with Gasteiger partial charge < -0.3 is 0 Å². The van der Waals surface area contributed by atoms with Gasteiger partial charge in [-0.2, -0.15) is 0 Å². The van der Waals surface area contributed by atoms with Gasteiger partial charge in [0.1, 0.15) is 5.78 Å². The van der Waals surface area contributed by atoms with E-state index in [1.165, 1.54) is 44.9 Å². The Morgan fingerprint density at radius 2 is 1.75 bits per heavy atom. The van der Waals surface area contributed by atoms with Crippen molar-refractivity contribution in [2.45, 2.75) is 71.1 Å². The number of allylic oxidation sites excluding steroid dienone is 2. The molecule has 0 amide bonds. The molecule has 0 aromatic carbocycles. The minimum Gasteiger partial charge on any atom is -0.299 e. The molecule has 0 heterocycles. The third-order valence-corrected chi connectivity index (χ3v) is 4.30. The van der Waals surface area contributed by atoms with Crippen molar-refractivity contribution < 1.29 is 4.79 Å². The van der Waals surface area contributed by atoms with Crippen LogP contribution in [-0.4, -0.2) is 5.78 Å². The number of Topliss-reactive ketones (excluding diaryl/α,β-unsaturated/α-hetero) is 1. The van der Waals surface area contributed by atoms with Gasteiger partial charge in [0.15, 0.2) is 0 Å². The van der Waals surface area contributed by atoms with E-state index >= 15 is 0 Å². The molecular formula is C15H24O. The van der Waals surface area contributed by atoms with E-state index in [-0.39, 0.29) is 0 Å². The largest absolute Gasteiger partial charge is 0.299 e. The molecule has 2 rings (SSSR count). The highest BCUT2D eigenvalue weighted by molar-refractivity contribution is 5.81. The predicted octanol–water partition coefficient (Wildman–Crippen LogP) is 4.42. The summed E-state index contributed by atoms with van der Waals surface area (Å²) in [7, 11) is 0. The maximum absolute atomic E-state index is 11.8. The normalized spacial score (nSPS) is 26.9. The average Bonchev–Trinajstić information content (AvgIpc) is 2.28. The predicted molar refractivity (Wildman–Crippen MR) is 67.4 cm³/mol. The van der Waals surface area contributed by atoms with Crippen molar-refractivity contribution in [2.24, 2.45) is 5.92 Å². The lowest BCUT2D eigenvalue weighted by Crippen LogP contribution is -2.19. The standard InChI is InChI=1S/C15H24O/c1-2-15(16)14-10-9-12-7-5-3-4-6-8-13(12)11-14/h14H,2-11H2,1H3. The third-order valence-electron chi connectivity index (χ3n) is 4.30. The quantitative estimate of drug-likeness (QED) is 0.630. The van der Waals surface area contributed by atoms with Crippen molar-refractivity contribution in [3.63, 3.8) is 0 Å². The van der Waals surface area contributed by atoms with E-state index in [9.17, 15) is 4.79 Å². The number of carbonyl (C=O) groups excluding carboxylic acids is 1. The van der Waals surface area contributed by atoms with Crippen molar-refractivity contribution in [1.29, 1.82) is 0 Å². The average molecular weight is 220 g/mol. The minimum atomic E-state index is 0.364. The Hall–Kier alpha value is -0.590. The molecule has 2 aliphatic carbocycles. The highest BCUT2D eigenvalue weighted by Gasteiger charge is 2.25. The summed E-state index contributed by atoms with van der Waals surface area (Å²) in [4.78, 5) is 11.8. The summed E-state index contributed by atoms with van der Waals surface area (Å²) in [5, 5.41) is 0. The molecular weight excluding hydrogens is 196 g/mol. The molecule has 0 saturated carbocycles. The smallest absolute Gasteiger partial charge is 0.136 e. The molecule has 0 aromatic heterocycles. The highest BCUT2D eigenvalue weighted by Crippen LogP contribution is 2.37. The fraction of sp³-hybridized carbons (Fsp3) is 0.800. The van der Waals surface area contributed by atoms with Crippen molar-refractivity contribution in [3.8, 4) is 0 Å². The molecule has 0 radical (unpaired) electrons. The summed E-state index contributed by atoms with van der Waals surface area (Å²) < 4.78 is 0. The molecule has 1 nitrogen and oxygen atoms in total. The van der Waals surface area contributed by atoms with Crippen LogP contribution in [0.5, 0.6) is 0 Å². The summed E-state index contributed by atoms with van der Waals surface area (Å²) in [5.41, 5.74) is 3.39. The van der Waals surface area contributed by atoms with Crippen LogP contribution in [0, 0.1) is 5.92 Å². The van der Waals surface area contributed by atoms with Gasteiger partial charge in [-0.3, -0.25) is 4.79 Å². The van der Waals surface area contributed by atoms with Crippen LogP contribution in [0.15, 0.2) is 11.1 Å². The molecule has 1 atom stereocenters. The third kappa shape index (κ3) is 2.75. The van der Waals surface area contributed by atoms with E-state index in [4.69, 9.17) is 0 Å². The second-order valence-corrected chi connectivity index (χ2v) is 5.38. The van der Waals surface area contributed by atoms with Crippen LogP contribution < -0.4 is 0 Å². The van der Waals surface area contributed by atoms with Crippen molar-refractivity contribution >= 4 is 5.78 Å². The molecule has 16 heavy (non-hydrogen) atoms. The van der Waals surface area contributed by atoms with Gasteiger partial charge in [0.25, 0.3) is 0 Å². The Bertz CT molecular complexity index is 288. The zero-order chi connectivity index (χ0) is 11.4. The highest BCUT2D eigenvalue weighted by atomic mass is 16.1. The van der Waals surface area contributed by atoms with Gasteiger partial charge in [0.2, 0.25) is 0 Å². The number of carbonyl (C=O) groups is 1. The van der Waals surface area contributed by atoms with Crippen LogP contribution in [0.2, 0.25) is 0 Å². The summed E-state index contributed by atoms with van der Waals surface area (Å²) in [5.74, 6) is 0.858. The van der Waals surface area contributed by atoms with E-state index in [0.29, 0.717) is 11.7 Å². The lowest BCUT2D eigenvalue weighted by Gasteiger charge is -2.28. The van der Waals surface area contributed by atoms with E-state index in [0.717, 1.165) is 19.3 Å². The molecule has 0 spiro atoms. The Labute approximate surface area is 99.3 Å². The number of hydrogen-bond acceptors (Lipinski definition) is 1. The van der Waals surface area contributed by atoms with Crippen molar-refractivity contribution in [1.82, 2.24) is 0 Å². The maximum Gasteiger partial charge on any atom is 0.136 e. The van der Waals surface area contributed by atoms with Crippen LogP contribution in [0.3, 0.4) is 0 Å². The molecule has 1 unspecified atom stereocenters. The van der Waals surface area contributed by atoms with Crippen LogP contribution in [-0.2, 0) is 4.79 Å². The Morgan fingerprint density at radius 3 is 2.44 bits per heavy atom. The first-order valence-electron chi connectivity index (χ1n) is 7.03. The molecule has 0 N–H and O–H groups in total. The molecule has 0 aromatic rings. The van der Waals surface area contributed by atoms with Gasteiger partial charge in [0, 0.05) is 12.3 Å². The van der Waals surface area contributed by atoms with Crippen LogP contribution in [0.4, 0.5) is 0 Å². The van der Waals surface area contributed by atoms with Gasteiger partial charge >= 0.3 is 0 Å². The molecule has 90 valence electrons. The number of rotatable bonds is 2. The van der Waals surface area contributed by atoms with Gasteiger partial charge in [-0.05, 0) is 44.9 Å². The first kappa shape index (κ1) is 11.9. The molecule has 0 fully saturated rings. The topological polar surface area (TPSA) is 17.1 Å². The summed E-state index contributed by atoms with van der Waals surface area (Å²) >= 11 is 0. The molecule has 1 heteroatoms. The molecule has 0 aliphatic heterocycles. The van der Waals surface area contributed by atoms with Gasteiger partial charge in [0.05, 0.1) is 0 Å². The van der Waals surface area contributed by atoms with Crippen LogP contribution >= 0.6 is 0 Å². The second kappa shape index (κ2) is 5.65. The maximum atomic E-state index is 11.8. The Morgan fingerprint density at radius 1 is 1.06 bits per heavy atom. The van der Waals surface area contributed by atoms with Gasteiger partial charge in [-0.25, -0.2) is 0 Å². The fourth-order valence-corrected chi connectivity index (χ4v) is 3.24. The molecule has 0 saturated heterocycles. The SMILES string of the molecule is CCC(=O)C1CCC2=C(CCCCCC2)C1. The van der Waals surface area contributed by atoms with Crippen molar-refractivity contribution in [2.75, 3.05) is 0 Å². The number of hydrogen-bond donors (Lipinski definition) is 0. The summed E-state index contributed by atoms with van der Waals surface area (Å²) in [6.07, 6.45) is 12.3. The summed E-state index contributed by atoms with van der Waals surface area (Å²) in [6.45, 7) is 2.00. The van der Waals surface area contributed by atoms with Crippen LogP contribution in [0.25, 0.3) is 0 Å². The van der Waals surface area contributed by atoms with Crippen molar-refractivity contribution in [3.05, 3.63) is 11.1 Å². The number of ketones is 1. The molecule has 2 aliphatic rings. The minimum absolute atomic E-state index is 0.364. The monoisotopic (exact) mass is 220 g/mol. The van der Waals surface area contributed by atoms with E-state index in [2.05, 4.69) is 0 Å². The summed E-state index contributed by atoms with van der Waals surface area (Å²) in [6, 6.07) is 0. The Balaban J connectivity index is 2.04. The zero-order valence-corrected chi connectivity index (χ0v) is 10.6. The van der Waals surface area contributed by atoms with Gasteiger partial charge in [-0.15, -0.1) is 0 Å².